The van der Waals surface area contributed by atoms with Crippen LogP contribution >= 0.6 is 0 Å². The van der Waals surface area contributed by atoms with Gasteiger partial charge >= 0.3 is 76.0 Å². The molecule has 0 amide bonds. The van der Waals surface area contributed by atoms with Gasteiger partial charge in [-0.05, 0) is 0 Å². The molecular weight excluding hydrogens is 463 g/mol. The molecule has 0 saturated carbocycles. The van der Waals surface area contributed by atoms with Gasteiger partial charge in [-0.2, -0.15) is 0 Å². The van der Waals surface area contributed by atoms with Gasteiger partial charge in [0, 0.05) is 0 Å². The van der Waals surface area contributed by atoms with Gasteiger partial charge < -0.3 is 32.9 Å². The van der Waals surface area contributed by atoms with Crippen molar-refractivity contribution >= 4 is 47.8 Å². The van der Waals surface area contributed by atoms with Gasteiger partial charge in [0.05, 0.1) is 0 Å². The maximum absolute atomic E-state index is 10.1. The molecule has 0 aromatic rings. The van der Waals surface area contributed by atoms with E-state index in [0.29, 0.717) is 0 Å². The predicted molar refractivity (Wildman–Crippen MR) is 60.3 cm³/mol. The van der Waals surface area contributed by atoms with E-state index in [1.54, 1.807) is 0 Å². The van der Waals surface area contributed by atoms with Gasteiger partial charge in [0.1, 0.15) is 0 Å². The molecule has 17 nitrogen and oxygen atoms in total. The maximum atomic E-state index is 10.1. The first kappa shape index (κ1) is 42.8. The van der Waals surface area contributed by atoms with Crippen LogP contribution in [0, 0.1) is 0 Å². The molecule has 1 fully saturated rings. The average molecular weight is 481 g/mol. The average Bonchev–Trinajstić information content (AvgIpc) is 1.75. The summed E-state index contributed by atoms with van der Waals surface area (Å²) >= 11 is -13.5. The summed E-state index contributed by atoms with van der Waals surface area (Å²) in [6.45, 7) is 0. The second-order valence-electron chi connectivity index (χ2n) is 1.89. The Morgan fingerprint density at radius 2 is 1.29 bits per heavy atom. The summed E-state index contributed by atoms with van der Waals surface area (Å²) in [5, 5.41) is 4.58. The second kappa shape index (κ2) is 16.0. The molecule has 1 aliphatic heterocycles. The third kappa shape index (κ3) is 28.5. The first-order chi connectivity index (χ1) is 6.52. The fraction of sp³-hybridized carbons (Fsp3) is 0. The van der Waals surface area contributed by atoms with Crippen LogP contribution in [0.25, 0.3) is 0 Å². The van der Waals surface area contributed by atoms with Crippen molar-refractivity contribution in [3.05, 3.63) is 0 Å². The number of rotatable bonds is 2. The zero-order chi connectivity index (χ0) is 12.3. The zero-order valence-corrected chi connectivity index (χ0v) is 14.5. The van der Waals surface area contributed by atoms with Gasteiger partial charge in [-0.15, -0.1) is 0 Å². The van der Waals surface area contributed by atoms with Crippen LogP contribution in [0.2, 0.25) is 0 Å². The van der Waals surface area contributed by atoms with Crippen molar-refractivity contribution in [2.45, 2.75) is 0 Å². The van der Waals surface area contributed by atoms with E-state index in [2.05, 4.69) is 25.5 Å². The number of guanidine groups is 1. The van der Waals surface area contributed by atoms with Crippen LogP contribution in [0.5, 0.6) is 0 Å². The van der Waals surface area contributed by atoms with Crippen molar-refractivity contribution in [2.75, 3.05) is 0 Å². The second-order valence-corrected chi connectivity index (χ2v) is 10.1. The fourth-order valence-corrected chi connectivity index (χ4v) is 7.21. The summed E-state index contributed by atoms with van der Waals surface area (Å²) in [7, 11) is 0. The van der Waals surface area contributed by atoms with Crippen LogP contribution in [0.1, 0.15) is 0 Å². The number of hydrogen-bond donors (Lipinski definition) is 3. The SMILES string of the molecule is NC(N)=[NH2+].O.O.O.O.O.O.O=[Se](=O)([O-])[O][Al]1[O][Se](=O)(=O)[O]1. The monoisotopic (exact) mass is 483 g/mol. The Hall–Kier alpha value is -0.359. The first-order valence-electron chi connectivity index (χ1n) is 2.91. The molecule has 0 atom stereocenters. The molecule has 1 aliphatic rings. The topological polar surface area (TPSA) is 386 Å². The van der Waals surface area contributed by atoms with E-state index in [-0.39, 0.29) is 38.8 Å². The summed E-state index contributed by atoms with van der Waals surface area (Å²) in [6, 6.07) is 0. The standard InChI is InChI=1S/CH5N3.Al.2H2O4Se.6H2O/c2-1(3)4;;2*1-5(2,3)4;;;;;;/h(H5,2,3,4);;2*(H2,1,2,3,4);6*1H2/q;+3;;;;;;;;/p-3. The Balaban J connectivity index is -0.0000000357. The minimum absolute atomic E-state index is 0. The third-order valence-electron chi connectivity index (χ3n) is 0.589. The number of hydrogen-bond acceptors (Lipinski definition) is 8. The van der Waals surface area contributed by atoms with Crippen molar-refractivity contribution in [1.82, 2.24) is 0 Å². The molecule has 0 aromatic carbocycles. The Morgan fingerprint density at radius 3 is 1.43 bits per heavy atom. The van der Waals surface area contributed by atoms with Crippen molar-refractivity contribution in [1.29, 1.82) is 0 Å². The normalized spacial score (nSPS) is 13.1. The van der Waals surface area contributed by atoms with E-state index in [1.165, 1.54) is 0 Å². The van der Waals surface area contributed by atoms with E-state index < -0.39 is 41.9 Å². The van der Waals surface area contributed by atoms with Crippen LogP contribution in [-0.2, 0) is 24.0 Å². The molecule has 21 heavy (non-hydrogen) atoms. The summed E-state index contributed by atoms with van der Waals surface area (Å²) < 4.78 is 61.0. The van der Waals surface area contributed by atoms with Gasteiger partial charge in [0.15, 0.2) is 0 Å². The Kier molecular flexibility index (Phi) is 32.6. The van der Waals surface area contributed by atoms with Crippen molar-refractivity contribution in [3.63, 3.8) is 0 Å². The van der Waals surface area contributed by atoms with E-state index in [1.807, 2.05) is 0 Å². The molecule has 0 bridgehead atoms. The molecule has 136 valence electrons. The molecule has 18 N–H and O–H groups in total. The zero-order valence-electron chi connectivity index (χ0n) is 9.89. The van der Waals surface area contributed by atoms with Gasteiger partial charge in [0.25, 0.3) is 0 Å². The van der Waals surface area contributed by atoms with Crippen LogP contribution in [0.3, 0.4) is 0 Å². The van der Waals surface area contributed by atoms with Crippen LogP contribution in [-0.4, -0.2) is 80.7 Å². The van der Waals surface area contributed by atoms with Gasteiger partial charge in [-0.1, -0.05) is 0 Å². The van der Waals surface area contributed by atoms with E-state index >= 15 is 0 Å². The van der Waals surface area contributed by atoms with Gasteiger partial charge in [-0.25, -0.2) is 0 Å². The molecule has 1 rings (SSSR count). The molecule has 20 heteroatoms. The molecule has 0 unspecified atom stereocenters. The molecule has 1 heterocycles. The summed E-state index contributed by atoms with van der Waals surface area (Å²) in [5.41, 5.74) is 9.17. The summed E-state index contributed by atoms with van der Waals surface area (Å²) in [4.78, 5) is 0. The third-order valence-corrected chi connectivity index (χ3v) is 9.19. The minimum atomic E-state index is -5.61. The van der Waals surface area contributed by atoms with E-state index in [9.17, 15) is 19.5 Å². The van der Waals surface area contributed by atoms with Crippen LogP contribution in [0.15, 0.2) is 0 Å². The molecule has 0 aliphatic carbocycles. The Morgan fingerprint density at radius 1 is 1.05 bits per heavy atom. The van der Waals surface area contributed by atoms with Crippen molar-refractivity contribution in [3.8, 4) is 0 Å². The van der Waals surface area contributed by atoms with E-state index in [4.69, 9.17) is 0 Å². The molecule has 1 saturated heterocycles. The van der Waals surface area contributed by atoms with Crippen LogP contribution < -0.4 is 21.1 Å². The molecule has 0 radical (unpaired) electrons. The predicted octanol–water partition coefficient (Wildman–Crippen LogP) is -10.9. The van der Waals surface area contributed by atoms with Gasteiger partial charge in [0.2, 0.25) is 0 Å². The Bertz CT molecular complexity index is 413. The van der Waals surface area contributed by atoms with Crippen molar-refractivity contribution < 1.29 is 66.4 Å². The molecule has 0 spiro atoms. The molecule has 0 aromatic heterocycles. The molecular formula is CH18AlN3O14Se2. The summed E-state index contributed by atoms with van der Waals surface area (Å²) in [6.07, 6.45) is 0. The Labute approximate surface area is 126 Å². The van der Waals surface area contributed by atoms with Crippen LogP contribution in [0.4, 0.5) is 0 Å². The van der Waals surface area contributed by atoms with E-state index in [0.717, 1.165) is 0 Å². The first-order valence-corrected chi connectivity index (χ1v) is 9.92. The van der Waals surface area contributed by atoms with Crippen molar-refractivity contribution in [2.24, 2.45) is 11.5 Å². The quantitative estimate of drug-likeness (QED) is 0.190. The summed E-state index contributed by atoms with van der Waals surface area (Å²) in [5.74, 6) is -0.0833. The fourth-order valence-electron chi connectivity index (χ4n) is 0.328. The van der Waals surface area contributed by atoms with Gasteiger partial charge in [-0.3, -0.25) is 16.9 Å². The number of nitrogens with two attached hydrogens (primary N) is 3.